The van der Waals surface area contributed by atoms with E-state index in [4.69, 9.17) is 15.9 Å². The molecule has 0 saturated carbocycles. The smallest absolute Gasteiger partial charge is 0.338 e. The van der Waals surface area contributed by atoms with E-state index in [9.17, 15) is 14.4 Å². The van der Waals surface area contributed by atoms with Crippen LogP contribution < -0.4 is 0 Å². The number of ether oxygens (including phenoxy) is 2. The molecule has 0 spiro atoms. The van der Waals surface area contributed by atoms with Gasteiger partial charge in [-0.05, 0) is 56.5 Å². The molecule has 0 aliphatic carbocycles. The molecule has 47 heavy (non-hydrogen) atoms. The van der Waals surface area contributed by atoms with Crippen LogP contribution in [0.2, 0.25) is 0 Å². The number of piperazine rings is 1. The van der Waals surface area contributed by atoms with Gasteiger partial charge in [0.15, 0.2) is 12.5 Å². The summed E-state index contributed by atoms with van der Waals surface area (Å²) in [6, 6.07) is 28.1. The Hall–Kier alpha value is -4.84. The zero-order chi connectivity index (χ0) is 33.5. The first-order valence-corrected chi connectivity index (χ1v) is 16.0. The van der Waals surface area contributed by atoms with Crippen molar-refractivity contribution < 1.29 is 23.9 Å². The Bertz CT molecular complexity index is 1640. The molecule has 8 nitrogen and oxygen atoms in total. The van der Waals surface area contributed by atoms with Gasteiger partial charge in [0.1, 0.15) is 5.92 Å². The van der Waals surface area contributed by atoms with E-state index in [2.05, 4.69) is 69.2 Å². The monoisotopic (exact) mass is 631 g/mol. The van der Waals surface area contributed by atoms with Crippen molar-refractivity contribution in [2.45, 2.75) is 52.0 Å². The van der Waals surface area contributed by atoms with Gasteiger partial charge in [-0.25, -0.2) is 4.79 Å². The summed E-state index contributed by atoms with van der Waals surface area (Å²) in [7, 11) is 0. The van der Waals surface area contributed by atoms with Gasteiger partial charge in [-0.15, -0.1) is 6.42 Å². The molecule has 2 aliphatic heterocycles. The number of hydrogen-bond acceptors (Lipinski definition) is 8. The van der Waals surface area contributed by atoms with Gasteiger partial charge in [-0.1, -0.05) is 78.7 Å². The second-order valence-electron chi connectivity index (χ2n) is 12.2. The van der Waals surface area contributed by atoms with Gasteiger partial charge in [0, 0.05) is 43.4 Å². The van der Waals surface area contributed by atoms with Gasteiger partial charge in [-0.2, -0.15) is 0 Å². The molecule has 2 aliphatic rings. The molecule has 1 saturated heterocycles. The Kier molecular flexibility index (Phi) is 10.8. The van der Waals surface area contributed by atoms with E-state index >= 15 is 0 Å². The van der Waals surface area contributed by atoms with Crippen LogP contribution in [0.15, 0.2) is 101 Å². The molecule has 3 unspecified atom stereocenters. The van der Waals surface area contributed by atoms with Crippen molar-refractivity contribution in [3.63, 3.8) is 0 Å². The zero-order valence-electron chi connectivity index (χ0n) is 27.3. The number of benzene rings is 3. The van der Waals surface area contributed by atoms with Gasteiger partial charge in [0.2, 0.25) is 0 Å². The average molecular weight is 632 g/mol. The Morgan fingerprint density at radius 3 is 2.02 bits per heavy atom. The lowest BCUT2D eigenvalue weighted by molar-refractivity contribution is -0.155. The van der Waals surface area contributed by atoms with Crippen molar-refractivity contribution in [2.75, 3.05) is 26.2 Å². The zero-order valence-corrected chi connectivity index (χ0v) is 27.3. The number of terminal acetylenes is 1. The Morgan fingerprint density at radius 1 is 0.872 bits per heavy atom. The van der Waals surface area contributed by atoms with Crippen molar-refractivity contribution in [1.29, 1.82) is 0 Å². The number of rotatable bonds is 10. The molecule has 1 fully saturated rings. The minimum Gasteiger partial charge on any atom is -0.462 e. The van der Waals surface area contributed by atoms with Gasteiger partial charge < -0.3 is 9.47 Å². The summed E-state index contributed by atoms with van der Waals surface area (Å²) in [5, 5.41) is 0. The van der Waals surface area contributed by atoms with Gasteiger partial charge in [0.05, 0.1) is 23.4 Å². The second kappa shape index (κ2) is 15.2. The van der Waals surface area contributed by atoms with Crippen molar-refractivity contribution in [2.24, 2.45) is 10.9 Å². The number of hydrogen-bond donors (Lipinski definition) is 0. The number of allylic oxidation sites excluding steroid dienone is 1. The molecule has 242 valence electrons. The van der Waals surface area contributed by atoms with Crippen LogP contribution in [0.5, 0.6) is 0 Å². The maximum Gasteiger partial charge on any atom is 0.338 e. The van der Waals surface area contributed by atoms with E-state index in [1.54, 1.807) is 45.0 Å². The standard InChI is InChI=1S/C39H41N3O5/c1-6-29-14-13-19-32(24-29)35-34(27(4)40-33(25-43)36(35)39(45)46-26(2)3)38(44)47-28(5)41-20-22-42(23-21-41)37(30-15-9-7-10-16-30)31-17-11-8-12-18-31/h1,7-19,24-26,28,35-37H,20-23H2,2-5H3. The Balaban J connectivity index is 1.37. The lowest BCUT2D eigenvalue weighted by atomic mass is 9.75. The van der Waals surface area contributed by atoms with Gasteiger partial charge >= 0.3 is 11.9 Å². The molecule has 3 aromatic carbocycles. The quantitative estimate of drug-likeness (QED) is 0.165. The summed E-state index contributed by atoms with van der Waals surface area (Å²) in [5.74, 6) is -0.644. The van der Waals surface area contributed by atoms with Crippen molar-refractivity contribution in [1.82, 2.24) is 9.80 Å². The van der Waals surface area contributed by atoms with Crippen LogP contribution in [-0.4, -0.2) is 72.2 Å². The summed E-state index contributed by atoms with van der Waals surface area (Å²) in [5.41, 5.74) is 4.15. The molecule has 0 N–H and O–H groups in total. The van der Waals surface area contributed by atoms with Crippen molar-refractivity contribution in [3.05, 3.63) is 118 Å². The minimum absolute atomic E-state index is 0.00336. The summed E-state index contributed by atoms with van der Waals surface area (Å²) in [4.78, 5) is 48.7. The molecule has 0 radical (unpaired) electrons. The Labute approximate surface area is 277 Å². The Morgan fingerprint density at radius 2 is 1.47 bits per heavy atom. The van der Waals surface area contributed by atoms with Crippen LogP contribution in [0.1, 0.15) is 61.9 Å². The highest BCUT2D eigenvalue weighted by atomic mass is 16.6. The van der Waals surface area contributed by atoms with Crippen LogP contribution in [0.25, 0.3) is 0 Å². The summed E-state index contributed by atoms with van der Waals surface area (Å²) in [6.45, 7) is 9.89. The molecule has 0 amide bonds. The van der Waals surface area contributed by atoms with E-state index < -0.39 is 36.1 Å². The molecule has 3 aromatic rings. The number of carbonyl (C=O) groups excluding carboxylic acids is 3. The number of aldehydes is 1. The molecular weight excluding hydrogens is 590 g/mol. The normalized spacial score (nSPS) is 19.6. The molecule has 2 heterocycles. The number of esters is 2. The molecular formula is C39H41N3O5. The third-order valence-electron chi connectivity index (χ3n) is 8.74. The van der Waals surface area contributed by atoms with E-state index in [0.717, 1.165) is 13.1 Å². The molecule has 5 rings (SSSR count). The van der Waals surface area contributed by atoms with Crippen molar-refractivity contribution >= 4 is 23.9 Å². The molecule has 0 aromatic heterocycles. The molecule has 3 atom stereocenters. The fourth-order valence-electron chi connectivity index (χ4n) is 6.54. The lowest BCUT2D eigenvalue weighted by Crippen LogP contribution is -2.51. The molecule has 0 bridgehead atoms. The van der Waals surface area contributed by atoms with Gasteiger partial charge in [0.25, 0.3) is 0 Å². The van der Waals surface area contributed by atoms with Crippen LogP contribution in [0.4, 0.5) is 0 Å². The van der Waals surface area contributed by atoms with Crippen molar-refractivity contribution in [3.8, 4) is 12.3 Å². The second-order valence-corrected chi connectivity index (χ2v) is 12.2. The van der Waals surface area contributed by atoms with E-state index in [-0.39, 0.29) is 17.3 Å². The van der Waals surface area contributed by atoms with Crippen LogP contribution in [-0.2, 0) is 23.9 Å². The highest BCUT2D eigenvalue weighted by molar-refractivity contribution is 6.35. The minimum atomic E-state index is -1.14. The van der Waals surface area contributed by atoms with E-state index in [1.165, 1.54) is 11.1 Å². The third kappa shape index (κ3) is 7.60. The highest BCUT2D eigenvalue weighted by Crippen LogP contribution is 2.40. The SMILES string of the molecule is C#Cc1cccc(C2C(C(=O)OC(C)N3CCN(C(c4ccccc4)c4ccccc4)CC3)=C(C)N=C(C=O)C2C(=O)OC(C)C)c1. The van der Waals surface area contributed by atoms with E-state index in [1.807, 2.05) is 19.1 Å². The summed E-state index contributed by atoms with van der Waals surface area (Å²) >= 11 is 0. The highest BCUT2D eigenvalue weighted by Gasteiger charge is 2.44. The summed E-state index contributed by atoms with van der Waals surface area (Å²) in [6.07, 6.45) is 5.26. The third-order valence-corrected chi connectivity index (χ3v) is 8.74. The van der Waals surface area contributed by atoms with E-state index in [0.29, 0.717) is 36.2 Å². The first kappa shape index (κ1) is 33.5. The first-order chi connectivity index (χ1) is 22.7. The predicted molar refractivity (Wildman–Crippen MR) is 181 cm³/mol. The topological polar surface area (TPSA) is 88.5 Å². The first-order valence-electron chi connectivity index (χ1n) is 16.0. The number of nitrogens with zero attached hydrogens (tertiary/aromatic N) is 3. The van der Waals surface area contributed by atoms with Crippen LogP contribution >= 0.6 is 0 Å². The fraction of sp³-hybridized carbons (Fsp3) is 0.333. The maximum atomic E-state index is 14.1. The van der Waals surface area contributed by atoms with Crippen LogP contribution in [0, 0.1) is 18.3 Å². The lowest BCUT2D eigenvalue weighted by Gasteiger charge is -2.41. The van der Waals surface area contributed by atoms with Crippen LogP contribution in [0.3, 0.4) is 0 Å². The van der Waals surface area contributed by atoms with Gasteiger partial charge in [-0.3, -0.25) is 24.4 Å². The predicted octanol–water partition coefficient (Wildman–Crippen LogP) is 5.54. The molecule has 8 heteroatoms. The largest absolute Gasteiger partial charge is 0.462 e. The number of carbonyl (C=O) groups is 3. The number of aliphatic imine (C=N–C) groups is 1. The maximum absolute atomic E-state index is 14.1. The average Bonchev–Trinajstić information content (AvgIpc) is 3.08. The fourth-order valence-corrected chi connectivity index (χ4v) is 6.54. The summed E-state index contributed by atoms with van der Waals surface area (Å²) < 4.78 is 11.7.